The summed E-state index contributed by atoms with van der Waals surface area (Å²) in [5, 5.41) is 18.9. The number of hydrogen-bond donors (Lipinski definition) is 3. The second-order valence-corrected chi connectivity index (χ2v) is 6.03. The van der Waals surface area contributed by atoms with Crippen LogP contribution >= 0.6 is 0 Å². The summed E-state index contributed by atoms with van der Waals surface area (Å²) in [6, 6.07) is 9.08. The highest BCUT2D eigenvalue weighted by Gasteiger charge is 2.33. The second kappa shape index (κ2) is 7.48. The van der Waals surface area contributed by atoms with Crippen molar-refractivity contribution in [1.29, 1.82) is 0 Å². The standard InChI is InChI=1S/C18H22N4O3/c1-2-12-3-5-13(6-4-12)14-11-15(21-20-14)18(25)22-9-8-19-17(24)16(22)7-10-23/h3-6,11,16,23H,2,7-10H2,1H3,(H,19,24)(H,20,21). The van der Waals surface area contributed by atoms with Gasteiger partial charge in [0.15, 0.2) is 0 Å². The summed E-state index contributed by atoms with van der Waals surface area (Å²) in [5.41, 5.74) is 3.19. The van der Waals surface area contributed by atoms with Crippen LogP contribution in [-0.2, 0) is 11.2 Å². The van der Waals surface area contributed by atoms with E-state index >= 15 is 0 Å². The normalized spacial score (nSPS) is 17.4. The van der Waals surface area contributed by atoms with Crippen molar-refractivity contribution in [2.24, 2.45) is 0 Å². The molecular weight excluding hydrogens is 320 g/mol. The first-order valence-electron chi connectivity index (χ1n) is 8.48. The van der Waals surface area contributed by atoms with Crippen LogP contribution in [0.2, 0.25) is 0 Å². The molecule has 1 fully saturated rings. The molecule has 3 rings (SSSR count). The molecule has 3 N–H and O–H groups in total. The number of aliphatic hydroxyl groups is 1. The zero-order chi connectivity index (χ0) is 17.8. The van der Waals surface area contributed by atoms with Gasteiger partial charge in [-0.15, -0.1) is 0 Å². The Morgan fingerprint density at radius 3 is 2.80 bits per heavy atom. The number of aromatic amines is 1. The summed E-state index contributed by atoms with van der Waals surface area (Å²) >= 11 is 0. The quantitative estimate of drug-likeness (QED) is 0.754. The van der Waals surface area contributed by atoms with Gasteiger partial charge in [-0.1, -0.05) is 31.2 Å². The van der Waals surface area contributed by atoms with Gasteiger partial charge in [0.2, 0.25) is 5.91 Å². The van der Waals surface area contributed by atoms with E-state index in [0.717, 1.165) is 12.0 Å². The highest BCUT2D eigenvalue weighted by Crippen LogP contribution is 2.20. The molecule has 1 aromatic heterocycles. The fourth-order valence-corrected chi connectivity index (χ4v) is 3.01. The number of aromatic nitrogens is 2. The van der Waals surface area contributed by atoms with E-state index in [1.165, 1.54) is 10.5 Å². The van der Waals surface area contributed by atoms with Gasteiger partial charge in [-0.05, 0) is 24.5 Å². The van der Waals surface area contributed by atoms with E-state index in [1.807, 2.05) is 24.3 Å². The number of benzene rings is 1. The molecule has 0 saturated carbocycles. The molecule has 1 aliphatic rings. The first-order chi connectivity index (χ1) is 12.1. The van der Waals surface area contributed by atoms with Gasteiger partial charge in [-0.2, -0.15) is 5.10 Å². The van der Waals surface area contributed by atoms with Crippen LogP contribution in [0.5, 0.6) is 0 Å². The van der Waals surface area contributed by atoms with Crippen molar-refractivity contribution in [2.45, 2.75) is 25.8 Å². The highest BCUT2D eigenvalue weighted by atomic mass is 16.3. The molecule has 0 bridgehead atoms. The molecular formula is C18H22N4O3. The van der Waals surface area contributed by atoms with Crippen molar-refractivity contribution in [3.05, 3.63) is 41.6 Å². The van der Waals surface area contributed by atoms with E-state index in [-0.39, 0.29) is 24.8 Å². The highest BCUT2D eigenvalue weighted by molar-refractivity contribution is 5.97. The molecule has 1 saturated heterocycles. The predicted octanol–water partition coefficient (Wildman–Crippen LogP) is 0.962. The molecule has 7 heteroatoms. The van der Waals surface area contributed by atoms with Crippen molar-refractivity contribution < 1.29 is 14.7 Å². The van der Waals surface area contributed by atoms with Gasteiger partial charge in [0.05, 0.1) is 5.69 Å². The number of nitrogens with zero attached hydrogens (tertiary/aromatic N) is 2. The van der Waals surface area contributed by atoms with E-state index in [2.05, 4.69) is 22.4 Å². The zero-order valence-corrected chi connectivity index (χ0v) is 14.2. The molecule has 1 aromatic carbocycles. The van der Waals surface area contributed by atoms with Gasteiger partial charge in [0.25, 0.3) is 5.91 Å². The van der Waals surface area contributed by atoms with Crippen LogP contribution < -0.4 is 5.32 Å². The average molecular weight is 342 g/mol. The summed E-state index contributed by atoms with van der Waals surface area (Å²) in [4.78, 5) is 26.2. The smallest absolute Gasteiger partial charge is 0.272 e. The summed E-state index contributed by atoms with van der Waals surface area (Å²) in [6.45, 7) is 2.76. The molecule has 132 valence electrons. The van der Waals surface area contributed by atoms with Crippen LogP contribution in [0, 0.1) is 0 Å². The Bertz CT molecular complexity index is 754. The zero-order valence-electron chi connectivity index (χ0n) is 14.2. The Hall–Kier alpha value is -2.67. The van der Waals surface area contributed by atoms with Crippen molar-refractivity contribution in [3.8, 4) is 11.3 Å². The number of aryl methyl sites for hydroxylation is 1. The molecule has 0 aliphatic carbocycles. The van der Waals surface area contributed by atoms with Crippen molar-refractivity contribution in [1.82, 2.24) is 20.4 Å². The number of hydrogen-bond acceptors (Lipinski definition) is 4. The lowest BCUT2D eigenvalue weighted by molar-refractivity contribution is -0.128. The molecule has 0 radical (unpaired) electrons. The van der Waals surface area contributed by atoms with Crippen LogP contribution in [0.4, 0.5) is 0 Å². The number of amides is 2. The predicted molar refractivity (Wildman–Crippen MR) is 92.9 cm³/mol. The van der Waals surface area contributed by atoms with E-state index in [9.17, 15) is 9.59 Å². The van der Waals surface area contributed by atoms with Gasteiger partial charge >= 0.3 is 0 Å². The minimum absolute atomic E-state index is 0.153. The Morgan fingerprint density at radius 1 is 1.36 bits per heavy atom. The van der Waals surface area contributed by atoms with Crippen LogP contribution in [0.3, 0.4) is 0 Å². The molecule has 1 aliphatic heterocycles. The first-order valence-corrected chi connectivity index (χ1v) is 8.48. The summed E-state index contributed by atoms with van der Waals surface area (Å²) < 4.78 is 0. The van der Waals surface area contributed by atoms with Gasteiger partial charge in [0.1, 0.15) is 11.7 Å². The van der Waals surface area contributed by atoms with Gasteiger partial charge in [-0.25, -0.2) is 0 Å². The monoisotopic (exact) mass is 342 g/mol. The molecule has 2 aromatic rings. The number of carbonyl (C=O) groups is 2. The largest absolute Gasteiger partial charge is 0.396 e. The Balaban J connectivity index is 1.80. The third-order valence-corrected chi connectivity index (χ3v) is 4.46. The van der Waals surface area contributed by atoms with Crippen LogP contribution in [0.25, 0.3) is 11.3 Å². The Labute approximate surface area is 146 Å². The summed E-state index contributed by atoms with van der Waals surface area (Å²) in [7, 11) is 0. The van der Waals surface area contributed by atoms with E-state index in [4.69, 9.17) is 5.11 Å². The van der Waals surface area contributed by atoms with Gasteiger partial charge < -0.3 is 15.3 Å². The fourth-order valence-electron chi connectivity index (χ4n) is 3.01. The number of aliphatic hydroxyl groups excluding tert-OH is 1. The lowest BCUT2D eigenvalue weighted by Gasteiger charge is -2.34. The molecule has 2 heterocycles. The molecule has 2 amide bonds. The molecule has 1 unspecified atom stereocenters. The topological polar surface area (TPSA) is 98.3 Å². The maximum absolute atomic E-state index is 12.8. The Morgan fingerprint density at radius 2 is 2.12 bits per heavy atom. The molecule has 25 heavy (non-hydrogen) atoms. The maximum Gasteiger partial charge on any atom is 0.272 e. The van der Waals surface area contributed by atoms with E-state index in [0.29, 0.717) is 24.5 Å². The number of nitrogens with one attached hydrogen (secondary N) is 2. The molecule has 7 nitrogen and oxygen atoms in total. The molecule has 0 spiro atoms. The summed E-state index contributed by atoms with van der Waals surface area (Å²) in [6.07, 6.45) is 1.19. The average Bonchev–Trinajstić information content (AvgIpc) is 3.13. The van der Waals surface area contributed by atoms with Gasteiger partial charge in [0, 0.05) is 25.3 Å². The number of piperazine rings is 1. The third kappa shape index (κ3) is 3.56. The number of rotatable bonds is 5. The first kappa shape index (κ1) is 17.2. The maximum atomic E-state index is 12.8. The second-order valence-electron chi connectivity index (χ2n) is 6.03. The molecule has 1 atom stereocenters. The van der Waals surface area contributed by atoms with Crippen LogP contribution in [0.1, 0.15) is 29.4 Å². The van der Waals surface area contributed by atoms with Gasteiger partial charge in [-0.3, -0.25) is 14.7 Å². The number of H-pyrrole nitrogens is 1. The lowest BCUT2D eigenvalue weighted by Crippen LogP contribution is -2.57. The van der Waals surface area contributed by atoms with Crippen LogP contribution in [0.15, 0.2) is 30.3 Å². The number of carbonyl (C=O) groups excluding carboxylic acids is 2. The van der Waals surface area contributed by atoms with Crippen molar-refractivity contribution in [3.63, 3.8) is 0 Å². The minimum atomic E-state index is -0.651. The third-order valence-electron chi connectivity index (χ3n) is 4.46. The fraction of sp³-hybridized carbons (Fsp3) is 0.389. The van der Waals surface area contributed by atoms with E-state index in [1.54, 1.807) is 6.07 Å². The Kier molecular flexibility index (Phi) is 5.14. The lowest BCUT2D eigenvalue weighted by atomic mass is 10.1. The van der Waals surface area contributed by atoms with E-state index < -0.39 is 6.04 Å². The van der Waals surface area contributed by atoms with Crippen molar-refractivity contribution in [2.75, 3.05) is 19.7 Å². The minimum Gasteiger partial charge on any atom is -0.396 e. The SMILES string of the molecule is CCc1ccc(-c2cc(C(=O)N3CCNC(=O)C3CCO)[nH]n2)cc1. The van der Waals surface area contributed by atoms with Crippen LogP contribution in [-0.4, -0.2) is 57.8 Å². The summed E-state index contributed by atoms with van der Waals surface area (Å²) in [5.74, 6) is -0.513. The van der Waals surface area contributed by atoms with Crippen molar-refractivity contribution >= 4 is 11.8 Å².